The van der Waals surface area contributed by atoms with E-state index in [1.54, 1.807) is 12.4 Å². The monoisotopic (exact) mass is 229 g/mol. The van der Waals surface area contributed by atoms with E-state index < -0.39 is 6.03 Å². The Hall–Kier alpha value is -2.37. The average Bonchev–Trinajstić information content (AvgIpc) is 2.90. The zero-order valence-electron chi connectivity index (χ0n) is 9.05. The minimum Gasteiger partial charge on any atom is -0.369 e. The molecule has 17 heavy (non-hydrogen) atoms. The highest BCUT2D eigenvalue weighted by Gasteiger charge is 2.24. The number of amides is 1. The lowest BCUT2D eigenvalue weighted by Crippen LogP contribution is -2.22. The summed E-state index contributed by atoms with van der Waals surface area (Å²) in [5, 5.41) is 7.36. The number of nitrogens with two attached hydrogens (primary N) is 1. The van der Waals surface area contributed by atoms with Crippen LogP contribution in [0.3, 0.4) is 0 Å². The SMILES string of the molecule is NC(=O)n1nc(-c2cccnc2)c2c1NCC2. The van der Waals surface area contributed by atoms with Gasteiger partial charge in [-0.1, -0.05) is 0 Å². The number of carbonyl (C=O) groups is 1. The van der Waals surface area contributed by atoms with Crippen LogP contribution in [0.1, 0.15) is 5.56 Å². The van der Waals surface area contributed by atoms with Crippen molar-refractivity contribution in [1.82, 2.24) is 14.8 Å². The number of rotatable bonds is 1. The van der Waals surface area contributed by atoms with Gasteiger partial charge >= 0.3 is 6.03 Å². The summed E-state index contributed by atoms with van der Waals surface area (Å²) in [6.07, 6.45) is 4.27. The Morgan fingerprint density at radius 1 is 1.53 bits per heavy atom. The summed E-state index contributed by atoms with van der Waals surface area (Å²) in [4.78, 5) is 15.3. The molecule has 1 amide bonds. The Morgan fingerprint density at radius 2 is 2.41 bits per heavy atom. The van der Waals surface area contributed by atoms with Gasteiger partial charge in [-0.25, -0.2) is 4.79 Å². The number of carbonyl (C=O) groups excluding carboxylic acids is 1. The normalized spacial score (nSPS) is 13.2. The molecule has 2 aromatic heterocycles. The zero-order chi connectivity index (χ0) is 11.8. The van der Waals surface area contributed by atoms with Gasteiger partial charge in [0, 0.05) is 30.1 Å². The predicted molar refractivity (Wildman–Crippen MR) is 62.6 cm³/mol. The summed E-state index contributed by atoms with van der Waals surface area (Å²) >= 11 is 0. The van der Waals surface area contributed by atoms with Crippen molar-refractivity contribution in [3.05, 3.63) is 30.1 Å². The third-order valence-electron chi connectivity index (χ3n) is 2.79. The van der Waals surface area contributed by atoms with E-state index in [9.17, 15) is 4.79 Å². The number of pyridine rings is 1. The summed E-state index contributed by atoms with van der Waals surface area (Å²) in [7, 11) is 0. The average molecular weight is 229 g/mol. The predicted octanol–water partition coefficient (Wildman–Crippen LogP) is 0.840. The molecule has 3 rings (SSSR count). The standard InChI is InChI=1S/C11H11N5O/c12-11(17)16-10-8(3-5-14-10)9(15-16)7-2-1-4-13-6-7/h1-2,4,6,14H,3,5H2,(H2,12,17). The van der Waals surface area contributed by atoms with E-state index in [0.29, 0.717) is 5.82 Å². The molecular weight excluding hydrogens is 218 g/mol. The van der Waals surface area contributed by atoms with E-state index in [0.717, 1.165) is 29.8 Å². The first-order valence-corrected chi connectivity index (χ1v) is 5.33. The second-order valence-corrected chi connectivity index (χ2v) is 3.84. The van der Waals surface area contributed by atoms with Gasteiger partial charge in [-0.2, -0.15) is 9.78 Å². The molecule has 0 saturated carbocycles. The Kier molecular flexibility index (Phi) is 2.07. The van der Waals surface area contributed by atoms with Crippen molar-refractivity contribution in [2.45, 2.75) is 6.42 Å². The van der Waals surface area contributed by atoms with Crippen LogP contribution in [0, 0.1) is 0 Å². The molecule has 0 aromatic carbocycles. The summed E-state index contributed by atoms with van der Waals surface area (Å²) in [5.41, 5.74) is 7.98. The lowest BCUT2D eigenvalue weighted by atomic mass is 10.1. The maximum Gasteiger partial charge on any atom is 0.341 e. The lowest BCUT2D eigenvalue weighted by molar-refractivity contribution is 0.248. The second kappa shape index (κ2) is 3.58. The van der Waals surface area contributed by atoms with E-state index in [4.69, 9.17) is 5.73 Å². The van der Waals surface area contributed by atoms with Crippen LogP contribution in [0.2, 0.25) is 0 Å². The van der Waals surface area contributed by atoms with Crippen molar-refractivity contribution < 1.29 is 4.79 Å². The molecule has 0 bridgehead atoms. The van der Waals surface area contributed by atoms with E-state index in [2.05, 4.69) is 15.4 Å². The number of primary amides is 1. The number of aromatic nitrogens is 3. The fraction of sp³-hybridized carbons (Fsp3) is 0.182. The van der Waals surface area contributed by atoms with Gasteiger partial charge in [0.05, 0.1) is 5.69 Å². The Morgan fingerprint density at radius 3 is 3.12 bits per heavy atom. The molecule has 0 atom stereocenters. The molecule has 0 aliphatic carbocycles. The van der Waals surface area contributed by atoms with E-state index in [1.165, 1.54) is 4.68 Å². The number of hydrogen-bond donors (Lipinski definition) is 2. The van der Waals surface area contributed by atoms with Gasteiger partial charge in [0.1, 0.15) is 5.82 Å². The number of fused-ring (bicyclic) bond motifs is 1. The van der Waals surface area contributed by atoms with Gasteiger partial charge in [0.2, 0.25) is 0 Å². The molecule has 0 saturated heterocycles. The molecule has 0 radical (unpaired) electrons. The van der Waals surface area contributed by atoms with E-state index in [1.807, 2.05) is 12.1 Å². The van der Waals surface area contributed by atoms with Crippen molar-refractivity contribution in [2.24, 2.45) is 5.73 Å². The summed E-state index contributed by atoms with van der Waals surface area (Å²) in [6, 6.07) is 3.18. The minimum atomic E-state index is -0.578. The summed E-state index contributed by atoms with van der Waals surface area (Å²) < 4.78 is 1.21. The van der Waals surface area contributed by atoms with Crippen LogP contribution in [0.25, 0.3) is 11.3 Å². The maximum atomic E-state index is 11.3. The molecular formula is C11H11N5O. The highest BCUT2D eigenvalue weighted by atomic mass is 16.2. The molecule has 6 heteroatoms. The Balaban J connectivity index is 2.19. The van der Waals surface area contributed by atoms with Gasteiger partial charge in [-0.15, -0.1) is 0 Å². The number of nitrogens with one attached hydrogen (secondary N) is 1. The maximum absolute atomic E-state index is 11.3. The van der Waals surface area contributed by atoms with Crippen LogP contribution < -0.4 is 11.1 Å². The molecule has 1 aliphatic heterocycles. The molecule has 3 N–H and O–H groups in total. The second-order valence-electron chi connectivity index (χ2n) is 3.84. The van der Waals surface area contributed by atoms with Crippen molar-refractivity contribution in [2.75, 3.05) is 11.9 Å². The van der Waals surface area contributed by atoms with Crippen molar-refractivity contribution >= 4 is 11.8 Å². The van der Waals surface area contributed by atoms with Crippen LogP contribution >= 0.6 is 0 Å². The highest BCUT2D eigenvalue weighted by Crippen LogP contribution is 2.31. The first-order chi connectivity index (χ1) is 8.27. The van der Waals surface area contributed by atoms with E-state index in [-0.39, 0.29) is 0 Å². The molecule has 0 spiro atoms. The fourth-order valence-corrected chi connectivity index (χ4v) is 2.07. The third kappa shape index (κ3) is 1.45. The Labute approximate surface area is 97.5 Å². The zero-order valence-corrected chi connectivity index (χ0v) is 9.05. The smallest absolute Gasteiger partial charge is 0.341 e. The number of nitrogens with zero attached hydrogens (tertiary/aromatic N) is 3. The minimum absolute atomic E-state index is 0.578. The van der Waals surface area contributed by atoms with Gasteiger partial charge in [0.25, 0.3) is 0 Å². The largest absolute Gasteiger partial charge is 0.369 e. The topological polar surface area (TPSA) is 85.8 Å². The quantitative estimate of drug-likeness (QED) is 0.758. The van der Waals surface area contributed by atoms with Gasteiger partial charge in [-0.05, 0) is 18.6 Å². The van der Waals surface area contributed by atoms with Crippen LogP contribution in [0.4, 0.5) is 10.6 Å². The van der Waals surface area contributed by atoms with Crippen molar-refractivity contribution in [3.8, 4) is 11.3 Å². The first-order valence-electron chi connectivity index (χ1n) is 5.33. The molecule has 0 unspecified atom stereocenters. The van der Waals surface area contributed by atoms with Gasteiger partial charge in [-0.3, -0.25) is 4.98 Å². The van der Waals surface area contributed by atoms with Crippen LogP contribution in [-0.4, -0.2) is 27.3 Å². The van der Waals surface area contributed by atoms with Gasteiger partial charge in [0.15, 0.2) is 0 Å². The molecule has 1 aliphatic rings. The van der Waals surface area contributed by atoms with Crippen LogP contribution in [-0.2, 0) is 6.42 Å². The number of hydrogen-bond acceptors (Lipinski definition) is 4. The van der Waals surface area contributed by atoms with Crippen LogP contribution in [0.5, 0.6) is 0 Å². The van der Waals surface area contributed by atoms with E-state index >= 15 is 0 Å². The molecule has 6 nitrogen and oxygen atoms in total. The first kappa shape index (κ1) is 9.83. The molecule has 86 valence electrons. The highest BCUT2D eigenvalue weighted by molar-refractivity contribution is 5.83. The summed E-state index contributed by atoms with van der Waals surface area (Å²) in [5.74, 6) is 0.705. The van der Waals surface area contributed by atoms with Crippen molar-refractivity contribution in [3.63, 3.8) is 0 Å². The molecule has 3 heterocycles. The fourth-order valence-electron chi connectivity index (χ4n) is 2.07. The molecule has 0 fully saturated rings. The molecule has 2 aromatic rings. The van der Waals surface area contributed by atoms with Crippen molar-refractivity contribution in [1.29, 1.82) is 0 Å². The van der Waals surface area contributed by atoms with Gasteiger partial charge < -0.3 is 11.1 Å². The van der Waals surface area contributed by atoms with Crippen LogP contribution in [0.15, 0.2) is 24.5 Å². The number of anilines is 1. The third-order valence-corrected chi connectivity index (χ3v) is 2.79. The Bertz CT molecular complexity index is 575. The lowest BCUT2D eigenvalue weighted by Gasteiger charge is -1.99. The summed E-state index contributed by atoms with van der Waals surface area (Å²) in [6.45, 7) is 0.799.